The molecule has 0 spiro atoms. The number of hydrogen-bond acceptors (Lipinski definition) is 4. The maximum absolute atomic E-state index is 13.1. The van der Waals surface area contributed by atoms with E-state index in [1.54, 1.807) is 0 Å². The molecule has 0 aromatic rings. The van der Waals surface area contributed by atoms with E-state index in [0.29, 0.717) is 6.42 Å². The zero-order valence-corrected chi connectivity index (χ0v) is 16.6. The van der Waals surface area contributed by atoms with Gasteiger partial charge in [0, 0.05) is 11.8 Å². The molecule has 2 rings (SSSR count). The predicted octanol–water partition coefficient (Wildman–Crippen LogP) is 4.15. The van der Waals surface area contributed by atoms with Crippen molar-refractivity contribution in [1.82, 2.24) is 0 Å². The smallest absolute Gasteiger partial charge is 0.164 e. The first-order valence-corrected chi connectivity index (χ1v) is 9.22. The fraction of sp³-hybridized carbons (Fsp3) is 0.900. The summed E-state index contributed by atoms with van der Waals surface area (Å²) in [5.41, 5.74) is -0.676. The van der Waals surface area contributed by atoms with Crippen LogP contribution in [0.4, 0.5) is 0 Å². The van der Waals surface area contributed by atoms with Gasteiger partial charge in [-0.05, 0) is 52.4 Å². The fourth-order valence-electron chi connectivity index (χ4n) is 4.34. The molecule has 138 valence electrons. The van der Waals surface area contributed by atoms with Gasteiger partial charge in [-0.1, -0.05) is 27.7 Å². The summed E-state index contributed by atoms with van der Waals surface area (Å²) in [6, 6.07) is 0. The van der Waals surface area contributed by atoms with E-state index in [1.807, 2.05) is 55.4 Å². The molecule has 0 amide bonds. The monoisotopic (exact) mass is 338 g/mol. The summed E-state index contributed by atoms with van der Waals surface area (Å²) in [4.78, 5) is 25.8. The van der Waals surface area contributed by atoms with Crippen molar-refractivity contribution in [3.8, 4) is 0 Å². The zero-order valence-electron chi connectivity index (χ0n) is 16.6. The zero-order chi connectivity index (χ0) is 18.5. The molecular weight excluding hydrogens is 304 g/mol. The number of carbonyl (C=O) groups excluding carboxylic acids is 2. The molecule has 24 heavy (non-hydrogen) atoms. The largest absolute Gasteiger partial charge is 0.344 e. The summed E-state index contributed by atoms with van der Waals surface area (Å²) in [5, 5.41) is 0. The van der Waals surface area contributed by atoms with Crippen molar-refractivity contribution in [2.45, 2.75) is 92.1 Å². The van der Waals surface area contributed by atoms with Gasteiger partial charge < -0.3 is 9.47 Å². The molecule has 3 atom stereocenters. The van der Waals surface area contributed by atoms with Crippen molar-refractivity contribution in [2.75, 3.05) is 0 Å². The van der Waals surface area contributed by atoms with E-state index >= 15 is 0 Å². The lowest BCUT2D eigenvalue weighted by molar-refractivity contribution is -0.159. The molecule has 0 N–H and O–H groups in total. The van der Waals surface area contributed by atoms with Gasteiger partial charge in [0.15, 0.2) is 5.79 Å². The summed E-state index contributed by atoms with van der Waals surface area (Å²) in [6.45, 7) is 15.7. The second kappa shape index (κ2) is 6.21. The Bertz CT molecular complexity index is 516. The number of carbonyl (C=O) groups is 2. The Morgan fingerprint density at radius 3 is 2.21 bits per heavy atom. The third-order valence-electron chi connectivity index (χ3n) is 5.67. The van der Waals surface area contributed by atoms with Crippen LogP contribution in [-0.4, -0.2) is 29.1 Å². The molecule has 0 unspecified atom stereocenters. The summed E-state index contributed by atoms with van der Waals surface area (Å²) in [5.74, 6) is -1.16. The van der Waals surface area contributed by atoms with Crippen LogP contribution in [0.2, 0.25) is 0 Å². The van der Waals surface area contributed by atoms with Gasteiger partial charge in [-0.25, -0.2) is 0 Å². The highest BCUT2D eigenvalue weighted by Crippen LogP contribution is 2.46. The fourth-order valence-corrected chi connectivity index (χ4v) is 4.34. The number of ketones is 2. The second-order valence-electron chi connectivity index (χ2n) is 9.56. The average Bonchev–Trinajstić information content (AvgIpc) is 2.59. The Kier molecular flexibility index (Phi) is 5.06. The van der Waals surface area contributed by atoms with Crippen molar-refractivity contribution in [2.24, 2.45) is 23.2 Å². The van der Waals surface area contributed by atoms with Crippen molar-refractivity contribution in [3.05, 3.63) is 0 Å². The topological polar surface area (TPSA) is 52.6 Å². The summed E-state index contributed by atoms with van der Waals surface area (Å²) in [7, 11) is 0. The third-order valence-corrected chi connectivity index (χ3v) is 5.67. The molecule has 1 saturated heterocycles. The number of hydrogen-bond donors (Lipinski definition) is 0. The highest BCUT2D eigenvalue weighted by atomic mass is 16.8. The van der Waals surface area contributed by atoms with Crippen LogP contribution in [-0.2, 0) is 19.1 Å². The van der Waals surface area contributed by atoms with E-state index in [4.69, 9.17) is 9.47 Å². The molecule has 1 saturated carbocycles. The van der Waals surface area contributed by atoms with Gasteiger partial charge in [-0.2, -0.15) is 0 Å². The van der Waals surface area contributed by atoms with Crippen LogP contribution in [0.25, 0.3) is 0 Å². The minimum Gasteiger partial charge on any atom is -0.344 e. The van der Waals surface area contributed by atoms with E-state index in [9.17, 15) is 9.59 Å². The average molecular weight is 338 g/mol. The Labute approximate surface area is 146 Å². The van der Waals surface area contributed by atoms with Gasteiger partial charge in [0.25, 0.3) is 0 Å². The number of ether oxygens (including phenoxy) is 2. The van der Waals surface area contributed by atoms with Crippen molar-refractivity contribution in [1.29, 1.82) is 0 Å². The van der Waals surface area contributed by atoms with Gasteiger partial charge in [0.1, 0.15) is 11.6 Å². The molecule has 2 aliphatic rings. The first-order valence-electron chi connectivity index (χ1n) is 9.22. The Morgan fingerprint density at radius 2 is 1.75 bits per heavy atom. The van der Waals surface area contributed by atoms with Gasteiger partial charge in [0.2, 0.25) is 0 Å². The molecule has 0 aromatic heterocycles. The SMILES string of the molecule is CC(C)C(=O)[C@@H]1C(=O)[C@@H](C[C@H]2OC(C)(C)OC2(C)C)CCC1(C)C. The van der Waals surface area contributed by atoms with Crippen LogP contribution < -0.4 is 0 Å². The summed E-state index contributed by atoms with van der Waals surface area (Å²) < 4.78 is 12.0. The van der Waals surface area contributed by atoms with Crippen LogP contribution in [0.1, 0.15) is 74.7 Å². The van der Waals surface area contributed by atoms with Crippen LogP contribution in [0.5, 0.6) is 0 Å². The first-order chi connectivity index (χ1) is 10.8. The van der Waals surface area contributed by atoms with E-state index < -0.39 is 17.3 Å². The van der Waals surface area contributed by atoms with Crippen LogP contribution in [0.15, 0.2) is 0 Å². The maximum Gasteiger partial charge on any atom is 0.164 e. The van der Waals surface area contributed by atoms with Crippen LogP contribution in [0.3, 0.4) is 0 Å². The molecule has 0 bridgehead atoms. The summed E-state index contributed by atoms with van der Waals surface area (Å²) in [6.07, 6.45) is 2.22. The van der Waals surface area contributed by atoms with E-state index in [2.05, 4.69) is 0 Å². The molecular formula is C20H34O4. The van der Waals surface area contributed by atoms with Gasteiger partial charge in [-0.15, -0.1) is 0 Å². The van der Waals surface area contributed by atoms with Crippen molar-refractivity contribution < 1.29 is 19.1 Å². The highest BCUT2D eigenvalue weighted by Gasteiger charge is 2.52. The minimum atomic E-state index is -0.627. The van der Waals surface area contributed by atoms with Crippen LogP contribution in [0, 0.1) is 23.2 Å². The second-order valence-corrected chi connectivity index (χ2v) is 9.56. The third kappa shape index (κ3) is 3.75. The van der Waals surface area contributed by atoms with Crippen LogP contribution >= 0.6 is 0 Å². The standard InChI is InChI=1S/C20H34O4/c1-12(2)16(21)15-17(22)13(9-10-18(15,3)4)11-14-19(5,6)24-20(7,8)23-14/h12-15H,9-11H2,1-8H3/t13-,14-,15-/m1/s1. The van der Waals surface area contributed by atoms with E-state index in [0.717, 1.165) is 12.8 Å². The Balaban J connectivity index is 2.18. The number of Topliss-reactive ketones (excluding diaryl/α,β-unsaturated/α-hetero) is 2. The molecule has 4 nitrogen and oxygen atoms in total. The normalized spacial score (nSPS) is 34.5. The molecule has 0 radical (unpaired) electrons. The predicted molar refractivity (Wildman–Crippen MR) is 93.6 cm³/mol. The van der Waals surface area contributed by atoms with Gasteiger partial charge in [0.05, 0.1) is 17.6 Å². The van der Waals surface area contributed by atoms with Gasteiger partial charge in [-0.3, -0.25) is 9.59 Å². The quantitative estimate of drug-likeness (QED) is 0.723. The molecule has 2 fully saturated rings. The molecule has 1 heterocycles. The molecule has 1 aliphatic heterocycles. The van der Waals surface area contributed by atoms with Crippen molar-refractivity contribution >= 4 is 11.6 Å². The number of rotatable bonds is 4. The lowest BCUT2D eigenvalue weighted by Crippen LogP contribution is -2.48. The molecule has 4 heteroatoms. The van der Waals surface area contributed by atoms with Crippen molar-refractivity contribution in [3.63, 3.8) is 0 Å². The lowest BCUT2D eigenvalue weighted by Gasteiger charge is -2.41. The molecule has 1 aliphatic carbocycles. The minimum absolute atomic E-state index is 0.0814. The highest BCUT2D eigenvalue weighted by molar-refractivity contribution is 6.05. The lowest BCUT2D eigenvalue weighted by atomic mass is 9.61. The first kappa shape index (κ1) is 19.6. The van der Waals surface area contributed by atoms with E-state index in [1.165, 1.54) is 0 Å². The molecule has 0 aromatic carbocycles. The maximum atomic E-state index is 13.1. The van der Waals surface area contributed by atoms with Gasteiger partial charge >= 0.3 is 0 Å². The summed E-state index contributed by atoms with van der Waals surface area (Å²) >= 11 is 0. The Morgan fingerprint density at radius 1 is 1.17 bits per heavy atom. The Hall–Kier alpha value is -0.740. The van der Waals surface area contributed by atoms with E-state index in [-0.39, 0.29) is 34.9 Å².